The first-order valence-electron chi connectivity index (χ1n) is 9.64. The molecule has 0 aliphatic rings. The molecule has 0 amide bonds. The summed E-state index contributed by atoms with van der Waals surface area (Å²) in [7, 11) is 0. The average molecular weight is 513 g/mol. The minimum atomic E-state index is 0. The van der Waals surface area contributed by atoms with E-state index in [2.05, 4.69) is 44.0 Å². The van der Waals surface area contributed by atoms with Crippen molar-refractivity contribution in [1.29, 1.82) is 0 Å². The van der Waals surface area contributed by atoms with Gasteiger partial charge in [0.25, 0.3) is 0 Å². The molecule has 0 aliphatic heterocycles. The molecule has 2 N–H and O–H groups in total. The number of fused-ring (bicyclic) bond motifs is 1. The van der Waals surface area contributed by atoms with Crippen molar-refractivity contribution in [1.82, 2.24) is 30.2 Å². The molecular formula is C22H24IN7. The number of hydrogen-bond acceptors (Lipinski definition) is 4. The molecule has 154 valence electrons. The first-order valence-corrected chi connectivity index (χ1v) is 9.64. The molecule has 0 spiro atoms. The number of benzene rings is 1. The topological polar surface area (TPSA) is 79.5 Å². The molecule has 0 aliphatic carbocycles. The van der Waals surface area contributed by atoms with Gasteiger partial charge in [-0.1, -0.05) is 30.3 Å². The highest BCUT2D eigenvalue weighted by Crippen LogP contribution is 2.18. The molecule has 0 saturated heterocycles. The molecule has 4 aromatic rings. The summed E-state index contributed by atoms with van der Waals surface area (Å²) < 4.78 is 1.97. The van der Waals surface area contributed by atoms with E-state index in [9.17, 15) is 0 Å². The van der Waals surface area contributed by atoms with Gasteiger partial charge in [-0.3, -0.25) is 9.38 Å². The molecule has 8 heteroatoms. The first kappa shape index (κ1) is 21.7. The maximum Gasteiger partial charge on any atom is 0.191 e. The molecule has 3 aromatic heterocycles. The Balaban J connectivity index is 0.00000256. The Morgan fingerprint density at radius 2 is 1.90 bits per heavy atom. The summed E-state index contributed by atoms with van der Waals surface area (Å²) >= 11 is 0. The summed E-state index contributed by atoms with van der Waals surface area (Å²) in [6.07, 6.45) is 3.76. The Morgan fingerprint density at radius 3 is 2.73 bits per heavy atom. The lowest BCUT2D eigenvalue weighted by atomic mass is 10.1. The third kappa shape index (κ3) is 5.32. The Labute approximate surface area is 192 Å². The van der Waals surface area contributed by atoms with Crippen LogP contribution in [0.25, 0.3) is 16.9 Å². The number of aliphatic imine (C=N–C) groups is 1. The van der Waals surface area contributed by atoms with Crippen molar-refractivity contribution in [2.24, 2.45) is 4.99 Å². The van der Waals surface area contributed by atoms with E-state index >= 15 is 0 Å². The van der Waals surface area contributed by atoms with Gasteiger partial charge in [0.1, 0.15) is 0 Å². The maximum atomic E-state index is 4.71. The Bertz CT molecular complexity index is 1110. The van der Waals surface area contributed by atoms with Gasteiger partial charge in [-0.05, 0) is 42.8 Å². The normalized spacial score (nSPS) is 11.2. The quantitative estimate of drug-likeness (QED) is 0.234. The highest BCUT2D eigenvalue weighted by molar-refractivity contribution is 14.0. The van der Waals surface area contributed by atoms with E-state index in [0.29, 0.717) is 13.1 Å². The van der Waals surface area contributed by atoms with E-state index in [-0.39, 0.29) is 24.0 Å². The Hall–Kier alpha value is -3.01. The number of nitrogens with one attached hydrogen (secondary N) is 2. The van der Waals surface area contributed by atoms with Crippen LogP contribution in [0, 0.1) is 0 Å². The number of hydrogen-bond donors (Lipinski definition) is 2. The smallest absolute Gasteiger partial charge is 0.191 e. The zero-order chi connectivity index (χ0) is 19.9. The second-order valence-corrected chi connectivity index (χ2v) is 6.51. The number of aromatic nitrogens is 4. The van der Waals surface area contributed by atoms with Crippen LogP contribution in [0.4, 0.5) is 0 Å². The van der Waals surface area contributed by atoms with Crippen molar-refractivity contribution >= 4 is 35.6 Å². The zero-order valence-corrected chi connectivity index (χ0v) is 19.0. The lowest BCUT2D eigenvalue weighted by Crippen LogP contribution is -2.37. The van der Waals surface area contributed by atoms with Crippen LogP contribution in [0.3, 0.4) is 0 Å². The fourth-order valence-corrected chi connectivity index (χ4v) is 3.05. The molecule has 0 fully saturated rings. The number of nitrogens with zero attached hydrogens (tertiary/aromatic N) is 5. The summed E-state index contributed by atoms with van der Waals surface area (Å²) in [6.45, 7) is 3.92. The van der Waals surface area contributed by atoms with E-state index < -0.39 is 0 Å². The fourth-order valence-electron chi connectivity index (χ4n) is 3.05. The van der Waals surface area contributed by atoms with Crippen molar-refractivity contribution in [3.63, 3.8) is 0 Å². The van der Waals surface area contributed by atoms with Crippen LogP contribution in [-0.2, 0) is 13.1 Å². The van der Waals surface area contributed by atoms with Gasteiger partial charge in [0.05, 0.1) is 18.8 Å². The highest BCUT2D eigenvalue weighted by Gasteiger charge is 2.06. The zero-order valence-electron chi connectivity index (χ0n) is 16.7. The Morgan fingerprint density at radius 1 is 1.00 bits per heavy atom. The summed E-state index contributed by atoms with van der Waals surface area (Å²) in [4.78, 5) is 9.14. The van der Waals surface area contributed by atoms with Crippen molar-refractivity contribution in [3.05, 3.63) is 84.4 Å². The molecular weight excluding hydrogens is 489 g/mol. The van der Waals surface area contributed by atoms with E-state index in [1.165, 1.54) is 0 Å². The summed E-state index contributed by atoms with van der Waals surface area (Å²) in [5, 5.41) is 15.0. The van der Waals surface area contributed by atoms with Crippen molar-refractivity contribution < 1.29 is 0 Å². The molecule has 0 saturated carbocycles. The van der Waals surface area contributed by atoms with Gasteiger partial charge in [-0.2, -0.15) is 0 Å². The van der Waals surface area contributed by atoms with Crippen molar-refractivity contribution in [3.8, 4) is 11.3 Å². The predicted octanol–water partition coefficient (Wildman–Crippen LogP) is 3.66. The average Bonchev–Trinajstić information content (AvgIpc) is 3.20. The van der Waals surface area contributed by atoms with Gasteiger partial charge in [-0.25, -0.2) is 4.99 Å². The van der Waals surface area contributed by atoms with Crippen LogP contribution in [0.5, 0.6) is 0 Å². The molecule has 1 aromatic carbocycles. The van der Waals surface area contributed by atoms with Gasteiger partial charge >= 0.3 is 0 Å². The van der Waals surface area contributed by atoms with Gasteiger partial charge in [0, 0.05) is 24.5 Å². The third-order valence-corrected chi connectivity index (χ3v) is 4.45. The van der Waals surface area contributed by atoms with E-state index in [1.807, 2.05) is 66.2 Å². The molecule has 0 atom stereocenters. The van der Waals surface area contributed by atoms with Crippen LogP contribution in [0.2, 0.25) is 0 Å². The number of rotatable bonds is 6. The van der Waals surface area contributed by atoms with Crippen LogP contribution >= 0.6 is 24.0 Å². The fraction of sp³-hybridized carbons (Fsp3) is 0.182. The van der Waals surface area contributed by atoms with Crippen LogP contribution < -0.4 is 10.6 Å². The van der Waals surface area contributed by atoms with E-state index in [0.717, 1.165) is 40.8 Å². The van der Waals surface area contributed by atoms with Crippen LogP contribution in [0.1, 0.15) is 18.3 Å². The third-order valence-electron chi connectivity index (χ3n) is 4.45. The highest BCUT2D eigenvalue weighted by atomic mass is 127. The van der Waals surface area contributed by atoms with Crippen LogP contribution in [-0.4, -0.2) is 32.1 Å². The first-order chi connectivity index (χ1) is 14.3. The second kappa shape index (κ2) is 10.7. The monoisotopic (exact) mass is 513 g/mol. The maximum absolute atomic E-state index is 4.71. The van der Waals surface area contributed by atoms with Gasteiger partial charge in [0.15, 0.2) is 17.4 Å². The summed E-state index contributed by atoms with van der Waals surface area (Å²) in [5.41, 5.74) is 4.00. The molecule has 3 heterocycles. The molecule has 0 radical (unpaired) electrons. The molecule has 30 heavy (non-hydrogen) atoms. The number of guanidine groups is 1. The van der Waals surface area contributed by atoms with Gasteiger partial charge in [0.2, 0.25) is 0 Å². The minimum absolute atomic E-state index is 0. The van der Waals surface area contributed by atoms with Gasteiger partial charge in [-0.15, -0.1) is 34.2 Å². The molecule has 7 nitrogen and oxygen atoms in total. The lowest BCUT2D eigenvalue weighted by Gasteiger charge is -2.11. The SMILES string of the molecule is CCNC(=NCc1cccc(-c2ccccn2)c1)NCc1nnc2ccccn12.I. The number of halogens is 1. The predicted molar refractivity (Wildman–Crippen MR) is 130 cm³/mol. The Kier molecular flexibility index (Phi) is 7.72. The lowest BCUT2D eigenvalue weighted by molar-refractivity contribution is 0.765. The summed E-state index contributed by atoms with van der Waals surface area (Å²) in [5.74, 6) is 1.58. The minimum Gasteiger partial charge on any atom is -0.357 e. The largest absolute Gasteiger partial charge is 0.357 e. The van der Waals surface area contributed by atoms with Crippen molar-refractivity contribution in [2.75, 3.05) is 6.54 Å². The number of pyridine rings is 2. The molecule has 0 unspecified atom stereocenters. The summed E-state index contributed by atoms with van der Waals surface area (Å²) in [6, 6.07) is 20.1. The standard InChI is InChI=1S/C22H23N7.HI/c1-2-23-22(26-16-21-28-27-20-11-4-6-13-29(20)21)25-15-17-8-7-9-18(14-17)19-10-3-5-12-24-19;/h3-14H,2,15-16H2,1H3,(H2,23,25,26);1H. The molecule has 0 bridgehead atoms. The second-order valence-electron chi connectivity index (χ2n) is 6.51. The van der Waals surface area contributed by atoms with E-state index in [1.54, 1.807) is 0 Å². The molecule has 4 rings (SSSR count). The van der Waals surface area contributed by atoms with Crippen LogP contribution in [0.15, 0.2) is 78.0 Å². The van der Waals surface area contributed by atoms with E-state index in [4.69, 9.17) is 4.99 Å². The van der Waals surface area contributed by atoms with Gasteiger partial charge < -0.3 is 10.6 Å². The van der Waals surface area contributed by atoms with Crippen molar-refractivity contribution in [2.45, 2.75) is 20.0 Å².